The second-order valence-corrected chi connectivity index (χ2v) is 4.34. The van der Waals surface area contributed by atoms with Crippen molar-refractivity contribution in [2.75, 3.05) is 6.61 Å². The number of pyridine rings is 1. The molecule has 1 aromatic carbocycles. The van der Waals surface area contributed by atoms with E-state index in [2.05, 4.69) is 20.9 Å². The van der Waals surface area contributed by atoms with Crippen LogP contribution in [0.25, 0.3) is 0 Å². The SMILES string of the molecule is CCOc1ccccc1Oc1ncc(Br)cc1F. The Bertz CT molecular complexity index is 548. The topological polar surface area (TPSA) is 31.4 Å². The molecule has 2 rings (SSSR count). The van der Waals surface area contributed by atoms with Gasteiger partial charge in [-0.2, -0.15) is 0 Å². The number of benzene rings is 1. The number of nitrogens with zero attached hydrogens (tertiary/aromatic N) is 1. The Morgan fingerprint density at radius 1 is 1.28 bits per heavy atom. The highest BCUT2D eigenvalue weighted by Gasteiger charge is 2.10. The molecule has 0 fully saturated rings. The van der Waals surface area contributed by atoms with E-state index in [0.29, 0.717) is 22.6 Å². The van der Waals surface area contributed by atoms with Crippen molar-refractivity contribution in [3.8, 4) is 17.4 Å². The summed E-state index contributed by atoms with van der Waals surface area (Å²) in [7, 11) is 0. The van der Waals surface area contributed by atoms with Crippen molar-refractivity contribution in [3.63, 3.8) is 0 Å². The van der Waals surface area contributed by atoms with Gasteiger partial charge in [0, 0.05) is 10.7 Å². The first-order valence-corrected chi connectivity index (χ1v) is 6.20. The lowest BCUT2D eigenvalue weighted by Gasteiger charge is -2.10. The second-order valence-electron chi connectivity index (χ2n) is 3.42. The molecule has 0 amide bonds. The standard InChI is InChI=1S/C13H11BrFNO2/c1-2-17-11-5-3-4-6-12(11)18-13-10(15)7-9(14)8-16-13/h3-8H,2H2,1H3. The molecule has 0 saturated carbocycles. The van der Waals surface area contributed by atoms with Gasteiger partial charge in [0.1, 0.15) is 0 Å². The lowest BCUT2D eigenvalue weighted by atomic mass is 10.3. The van der Waals surface area contributed by atoms with Gasteiger partial charge in [-0.15, -0.1) is 0 Å². The van der Waals surface area contributed by atoms with Crippen molar-refractivity contribution >= 4 is 15.9 Å². The number of ether oxygens (including phenoxy) is 2. The van der Waals surface area contributed by atoms with Gasteiger partial charge in [0.05, 0.1) is 6.61 Å². The summed E-state index contributed by atoms with van der Waals surface area (Å²) in [4.78, 5) is 3.87. The lowest BCUT2D eigenvalue weighted by molar-refractivity contribution is 0.316. The van der Waals surface area contributed by atoms with Gasteiger partial charge in [0.15, 0.2) is 17.3 Å². The van der Waals surface area contributed by atoms with Crippen LogP contribution >= 0.6 is 15.9 Å². The molecular formula is C13H11BrFNO2. The largest absolute Gasteiger partial charge is 0.490 e. The average Bonchev–Trinajstić information content (AvgIpc) is 2.35. The maximum Gasteiger partial charge on any atom is 0.256 e. The summed E-state index contributed by atoms with van der Waals surface area (Å²) in [5, 5.41) is 0. The van der Waals surface area contributed by atoms with E-state index < -0.39 is 5.82 Å². The summed E-state index contributed by atoms with van der Waals surface area (Å²) in [6.07, 6.45) is 1.47. The summed E-state index contributed by atoms with van der Waals surface area (Å²) < 4.78 is 25.0. The third-order valence-corrected chi connectivity index (χ3v) is 2.56. The Labute approximate surface area is 113 Å². The monoisotopic (exact) mass is 311 g/mol. The zero-order chi connectivity index (χ0) is 13.0. The van der Waals surface area contributed by atoms with Crippen molar-refractivity contribution in [1.82, 2.24) is 4.98 Å². The molecule has 94 valence electrons. The fourth-order valence-corrected chi connectivity index (χ4v) is 1.69. The van der Waals surface area contributed by atoms with Crippen LogP contribution in [0.4, 0.5) is 4.39 Å². The van der Waals surface area contributed by atoms with Gasteiger partial charge < -0.3 is 9.47 Å². The summed E-state index contributed by atoms with van der Waals surface area (Å²) in [6.45, 7) is 2.38. The molecule has 0 N–H and O–H groups in total. The first kappa shape index (κ1) is 12.8. The zero-order valence-corrected chi connectivity index (χ0v) is 11.3. The molecule has 0 spiro atoms. The van der Waals surface area contributed by atoms with E-state index in [4.69, 9.17) is 9.47 Å². The first-order valence-electron chi connectivity index (χ1n) is 5.41. The Hall–Kier alpha value is -1.62. The number of hydrogen-bond donors (Lipinski definition) is 0. The molecule has 1 aromatic heterocycles. The zero-order valence-electron chi connectivity index (χ0n) is 9.69. The van der Waals surface area contributed by atoms with E-state index in [0.717, 1.165) is 0 Å². The van der Waals surface area contributed by atoms with Gasteiger partial charge in [-0.1, -0.05) is 12.1 Å². The predicted molar refractivity (Wildman–Crippen MR) is 69.6 cm³/mol. The smallest absolute Gasteiger partial charge is 0.256 e. The van der Waals surface area contributed by atoms with Crippen LogP contribution in [0.2, 0.25) is 0 Å². The second kappa shape index (κ2) is 5.82. The third kappa shape index (κ3) is 2.98. The molecule has 18 heavy (non-hydrogen) atoms. The molecule has 2 aromatic rings. The van der Waals surface area contributed by atoms with Gasteiger partial charge >= 0.3 is 0 Å². The highest BCUT2D eigenvalue weighted by Crippen LogP contribution is 2.31. The van der Waals surface area contributed by atoms with E-state index in [1.807, 2.05) is 13.0 Å². The fourth-order valence-electron chi connectivity index (χ4n) is 1.39. The summed E-state index contributed by atoms with van der Waals surface area (Å²) in [5.41, 5.74) is 0. The van der Waals surface area contributed by atoms with Crippen molar-refractivity contribution in [2.24, 2.45) is 0 Å². The fraction of sp³-hybridized carbons (Fsp3) is 0.154. The predicted octanol–water partition coefficient (Wildman–Crippen LogP) is 4.17. The average molecular weight is 312 g/mol. The third-order valence-electron chi connectivity index (χ3n) is 2.13. The molecule has 0 aliphatic rings. The van der Waals surface area contributed by atoms with Gasteiger partial charge in [0.25, 0.3) is 5.88 Å². The lowest BCUT2D eigenvalue weighted by Crippen LogP contribution is -1.97. The minimum atomic E-state index is -0.532. The number of para-hydroxylation sites is 2. The van der Waals surface area contributed by atoms with Crippen molar-refractivity contribution in [2.45, 2.75) is 6.92 Å². The molecule has 0 aliphatic heterocycles. The maximum atomic E-state index is 13.6. The van der Waals surface area contributed by atoms with Crippen LogP contribution in [0.5, 0.6) is 17.4 Å². The summed E-state index contributed by atoms with van der Waals surface area (Å²) in [5.74, 6) is 0.387. The van der Waals surface area contributed by atoms with Gasteiger partial charge in [-0.3, -0.25) is 0 Å². The molecular weight excluding hydrogens is 301 g/mol. The van der Waals surface area contributed by atoms with Crippen LogP contribution in [0, 0.1) is 5.82 Å². The maximum absolute atomic E-state index is 13.6. The minimum Gasteiger partial charge on any atom is -0.490 e. The van der Waals surface area contributed by atoms with Crippen LogP contribution in [-0.2, 0) is 0 Å². The quantitative estimate of drug-likeness (QED) is 0.849. The molecule has 0 saturated heterocycles. The molecule has 0 bridgehead atoms. The number of halogens is 2. The minimum absolute atomic E-state index is 0.0784. The highest BCUT2D eigenvalue weighted by atomic mass is 79.9. The molecule has 0 atom stereocenters. The molecule has 0 aliphatic carbocycles. The number of aromatic nitrogens is 1. The van der Waals surface area contributed by atoms with E-state index in [-0.39, 0.29) is 5.88 Å². The molecule has 5 heteroatoms. The Kier molecular flexibility index (Phi) is 4.15. The van der Waals surface area contributed by atoms with Crippen LogP contribution < -0.4 is 9.47 Å². The van der Waals surface area contributed by atoms with E-state index >= 15 is 0 Å². The first-order chi connectivity index (χ1) is 8.70. The van der Waals surface area contributed by atoms with Crippen molar-refractivity contribution in [1.29, 1.82) is 0 Å². The summed E-state index contributed by atoms with van der Waals surface area (Å²) in [6, 6.07) is 8.37. The molecule has 0 unspecified atom stereocenters. The van der Waals surface area contributed by atoms with Gasteiger partial charge in [0.2, 0.25) is 0 Å². The summed E-state index contributed by atoms with van der Waals surface area (Å²) >= 11 is 3.14. The van der Waals surface area contributed by atoms with E-state index in [9.17, 15) is 4.39 Å². The Morgan fingerprint density at radius 2 is 2.00 bits per heavy atom. The van der Waals surface area contributed by atoms with Crippen LogP contribution in [-0.4, -0.2) is 11.6 Å². The van der Waals surface area contributed by atoms with Crippen LogP contribution in [0.1, 0.15) is 6.92 Å². The van der Waals surface area contributed by atoms with Gasteiger partial charge in [-0.05, 0) is 41.1 Å². The molecule has 3 nitrogen and oxygen atoms in total. The molecule has 0 radical (unpaired) electrons. The Morgan fingerprint density at radius 3 is 2.67 bits per heavy atom. The number of rotatable bonds is 4. The normalized spacial score (nSPS) is 10.2. The number of hydrogen-bond acceptors (Lipinski definition) is 3. The van der Waals surface area contributed by atoms with Crippen molar-refractivity contribution < 1.29 is 13.9 Å². The van der Waals surface area contributed by atoms with Crippen LogP contribution in [0.15, 0.2) is 41.0 Å². The van der Waals surface area contributed by atoms with Gasteiger partial charge in [-0.25, -0.2) is 9.37 Å². The molecule has 1 heterocycles. The van der Waals surface area contributed by atoms with E-state index in [1.54, 1.807) is 18.2 Å². The van der Waals surface area contributed by atoms with E-state index in [1.165, 1.54) is 12.3 Å². The van der Waals surface area contributed by atoms with Crippen molar-refractivity contribution in [3.05, 3.63) is 46.8 Å². The highest BCUT2D eigenvalue weighted by molar-refractivity contribution is 9.10. The van der Waals surface area contributed by atoms with Crippen LogP contribution in [0.3, 0.4) is 0 Å². The Balaban J connectivity index is 2.28.